The van der Waals surface area contributed by atoms with Gasteiger partial charge in [0, 0.05) is 18.0 Å². The normalized spacial score (nSPS) is 12.1. The van der Waals surface area contributed by atoms with Crippen molar-refractivity contribution in [2.24, 2.45) is 0 Å². The smallest absolute Gasteiger partial charge is 0.203 e. The summed E-state index contributed by atoms with van der Waals surface area (Å²) in [4.78, 5) is 4.37. The second kappa shape index (κ2) is 6.41. The number of nitrogens with one attached hydrogen (secondary N) is 1. The number of anilines is 1. The molecule has 0 amide bonds. The highest BCUT2D eigenvalue weighted by atomic mass is 32.1. The number of rotatable bonds is 6. The lowest BCUT2D eigenvalue weighted by Crippen LogP contribution is -2.16. The summed E-state index contributed by atoms with van der Waals surface area (Å²) in [5, 5.41) is 4.06. The van der Waals surface area contributed by atoms with Gasteiger partial charge < -0.3 is 5.32 Å². The number of nitrogens with zero attached hydrogens (tertiary/aromatic N) is 2. The summed E-state index contributed by atoms with van der Waals surface area (Å²) in [5.74, 6) is 3.63. The Morgan fingerprint density at radius 3 is 2.87 bits per heavy atom. The molecule has 1 heterocycles. The zero-order chi connectivity index (χ0) is 11.1. The van der Waals surface area contributed by atoms with Gasteiger partial charge in [0.1, 0.15) is 5.82 Å². The van der Waals surface area contributed by atoms with Crippen molar-refractivity contribution in [2.45, 2.75) is 45.6 Å². The molecule has 0 aliphatic heterocycles. The summed E-state index contributed by atoms with van der Waals surface area (Å²) in [6.07, 6.45) is 9.47. The molecular weight excluding hydrogens is 206 g/mol. The van der Waals surface area contributed by atoms with Gasteiger partial charge in [-0.3, -0.25) is 0 Å². The van der Waals surface area contributed by atoms with E-state index in [0.717, 1.165) is 36.6 Å². The number of aryl methyl sites for hydroxylation is 1. The minimum absolute atomic E-state index is 0.0810. The molecule has 4 heteroatoms. The third-order valence-electron chi connectivity index (χ3n) is 2.02. The van der Waals surface area contributed by atoms with Crippen molar-refractivity contribution < 1.29 is 0 Å². The van der Waals surface area contributed by atoms with Gasteiger partial charge in [-0.05, 0) is 12.8 Å². The van der Waals surface area contributed by atoms with Crippen LogP contribution in [0.25, 0.3) is 0 Å². The largest absolute Gasteiger partial charge is 0.347 e. The van der Waals surface area contributed by atoms with Crippen LogP contribution < -0.4 is 5.32 Å². The van der Waals surface area contributed by atoms with Crippen LogP contribution in [0.4, 0.5) is 5.13 Å². The fourth-order valence-electron chi connectivity index (χ4n) is 1.27. The van der Waals surface area contributed by atoms with E-state index in [9.17, 15) is 0 Å². The van der Waals surface area contributed by atoms with Crippen molar-refractivity contribution in [1.82, 2.24) is 9.36 Å². The van der Waals surface area contributed by atoms with Crippen LogP contribution in [0, 0.1) is 12.3 Å². The molecule has 0 aliphatic carbocycles. The summed E-state index contributed by atoms with van der Waals surface area (Å²) in [6, 6.07) is 0.0810. The second-order valence-electron chi connectivity index (χ2n) is 3.42. The van der Waals surface area contributed by atoms with Gasteiger partial charge in [0.15, 0.2) is 0 Å². The van der Waals surface area contributed by atoms with Crippen molar-refractivity contribution in [2.75, 3.05) is 5.32 Å². The number of terminal acetylenes is 1. The molecule has 1 aromatic heterocycles. The third kappa shape index (κ3) is 3.88. The zero-order valence-corrected chi connectivity index (χ0v) is 10.1. The topological polar surface area (TPSA) is 37.8 Å². The molecule has 1 unspecified atom stereocenters. The van der Waals surface area contributed by atoms with Crippen LogP contribution in [0.2, 0.25) is 0 Å². The van der Waals surface area contributed by atoms with E-state index in [2.05, 4.69) is 34.4 Å². The van der Waals surface area contributed by atoms with E-state index in [1.165, 1.54) is 11.5 Å². The van der Waals surface area contributed by atoms with Gasteiger partial charge in [0.2, 0.25) is 5.13 Å². The highest BCUT2D eigenvalue weighted by Crippen LogP contribution is 2.14. The van der Waals surface area contributed by atoms with Crippen molar-refractivity contribution in [3.8, 4) is 12.3 Å². The van der Waals surface area contributed by atoms with Crippen LogP contribution in [-0.2, 0) is 6.42 Å². The van der Waals surface area contributed by atoms with E-state index in [1.807, 2.05) is 0 Å². The van der Waals surface area contributed by atoms with Gasteiger partial charge in [-0.15, -0.1) is 6.42 Å². The molecule has 0 saturated carbocycles. The number of aromatic nitrogens is 2. The van der Waals surface area contributed by atoms with E-state index in [1.54, 1.807) is 0 Å². The number of hydrogen-bond donors (Lipinski definition) is 1. The van der Waals surface area contributed by atoms with Crippen LogP contribution in [0.3, 0.4) is 0 Å². The predicted molar refractivity (Wildman–Crippen MR) is 65.1 cm³/mol. The van der Waals surface area contributed by atoms with Gasteiger partial charge in [-0.1, -0.05) is 26.2 Å². The second-order valence-corrected chi connectivity index (χ2v) is 4.17. The molecule has 82 valence electrons. The summed E-state index contributed by atoms with van der Waals surface area (Å²) in [6.45, 7) is 4.24. The van der Waals surface area contributed by atoms with Crippen LogP contribution in [-0.4, -0.2) is 15.4 Å². The molecule has 1 aromatic rings. The quantitative estimate of drug-likeness (QED) is 0.753. The molecule has 0 spiro atoms. The first kappa shape index (κ1) is 12.0. The molecule has 1 rings (SSSR count). The molecule has 0 radical (unpaired) electrons. The molecule has 1 N–H and O–H groups in total. The molecule has 0 aromatic carbocycles. The van der Waals surface area contributed by atoms with Crippen molar-refractivity contribution in [3.63, 3.8) is 0 Å². The fraction of sp³-hybridized carbons (Fsp3) is 0.636. The molecule has 0 fully saturated rings. The van der Waals surface area contributed by atoms with Crippen LogP contribution >= 0.6 is 11.5 Å². The Hall–Kier alpha value is -1.08. The maximum Gasteiger partial charge on any atom is 0.203 e. The van der Waals surface area contributed by atoms with Crippen molar-refractivity contribution >= 4 is 16.7 Å². The molecule has 0 saturated heterocycles. The van der Waals surface area contributed by atoms with Gasteiger partial charge in [0.05, 0.1) is 6.04 Å². The number of hydrogen-bond acceptors (Lipinski definition) is 4. The average Bonchev–Trinajstić information content (AvgIpc) is 2.66. The van der Waals surface area contributed by atoms with Crippen LogP contribution in [0.5, 0.6) is 0 Å². The van der Waals surface area contributed by atoms with Gasteiger partial charge >= 0.3 is 0 Å². The SMILES string of the molecule is C#CC(CCC)Nc1nc(CCC)ns1. The van der Waals surface area contributed by atoms with E-state index in [4.69, 9.17) is 6.42 Å². The Morgan fingerprint density at radius 2 is 2.27 bits per heavy atom. The molecule has 15 heavy (non-hydrogen) atoms. The van der Waals surface area contributed by atoms with E-state index in [-0.39, 0.29) is 6.04 Å². The average molecular weight is 223 g/mol. The fourth-order valence-corrected chi connectivity index (χ4v) is 1.94. The zero-order valence-electron chi connectivity index (χ0n) is 9.29. The highest BCUT2D eigenvalue weighted by Gasteiger charge is 2.07. The minimum Gasteiger partial charge on any atom is -0.347 e. The Morgan fingerprint density at radius 1 is 1.47 bits per heavy atom. The lowest BCUT2D eigenvalue weighted by atomic mass is 10.2. The monoisotopic (exact) mass is 223 g/mol. The first-order chi connectivity index (χ1) is 7.30. The molecular formula is C11H17N3S. The first-order valence-electron chi connectivity index (χ1n) is 5.35. The lowest BCUT2D eigenvalue weighted by molar-refractivity contribution is 0.753. The summed E-state index contributed by atoms with van der Waals surface area (Å²) >= 11 is 1.39. The molecule has 0 bridgehead atoms. The highest BCUT2D eigenvalue weighted by molar-refractivity contribution is 7.09. The standard InChI is InChI=1S/C11H17N3S/c1-4-7-9(6-3)12-11-13-10(8-5-2)14-15-11/h3,9H,4-5,7-8H2,1-2H3,(H,12,13,14). The Bertz CT molecular complexity index is 327. The minimum atomic E-state index is 0.0810. The third-order valence-corrected chi connectivity index (χ3v) is 2.70. The van der Waals surface area contributed by atoms with Crippen LogP contribution in [0.15, 0.2) is 0 Å². The van der Waals surface area contributed by atoms with E-state index >= 15 is 0 Å². The maximum absolute atomic E-state index is 5.42. The molecule has 3 nitrogen and oxygen atoms in total. The first-order valence-corrected chi connectivity index (χ1v) is 6.12. The Labute approximate surface area is 95.5 Å². The van der Waals surface area contributed by atoms with Crippen molar-refractivity contribution in [1.29, 1.82) is 0 Å². The summed E-state index contributed by atoms with van der Waals surface area (Å²) in [5.41, 5.74) is 0. The van der Waals surface area contributed by atoms with Crippen LogP contribution in [0.1, 0.15) is 38.9 Å². The molecule has 0 aliphatic rings. The van der Waals surface area contributed by atoms with E-state index in [0.29, 0.717) is 0 Å². The predicted octanol–water partition coefficient (Wildman–Crippen LogP) is 2.70. The molecule has 1 atom stereocenters. The summed E-state index contributed by atoms with van der Waals surface area (Å²) in [7, 11) is 0. The Balaban J connectivity index is 2.52. The van der Waals surface area contributed by atoms with Gasteiger partial charge in [-0.25, -0.2) is 4.98 Å². The Kier molecular flexibility index (Phi) is 5.13. The van der Waals surface area contributed by atoms with Gasteiger partial charge in [-0.2, -0.15) is 4.37 Å². The van der Waals surface area contributed by atoms with Gasteiger partial charge in [0.25, 0.3) is 0 Å². The lowest BCUT2D eigenvalue weighted by Gasteiger charge is -2.09. The van der Waals surface area contributed by atoms with Crippen molar-refractivity contribution in [3.05, 3.63) is 5.82 Å². The van der Waals surface area contributed by atoms with E-state index < -0.39 is 0 Å². The maximum atomic E-state index is 5.42. The summed E-state index contributed by atoms with van der Waals surface area (Å²) < 4.78 is 4.25.